The molecule has 16 heteroatoms. The highest BCUT2D eigenvalue weighted by Crippen LogP contribution is 2.35. The summed E-state index contributed by atoms with van der Waals surface area (Å²) in [6.07, 6.45) is -0.261. The SMILES string of the molecule is CC(C)(C)OC(=O)N1CCN=C1C[C@](C)(N[S@](=O)C(C)(C)C)c1cc(Br)cs1.CC1=NCCN1C(=O)OC(C)(C)C.I.II. The molecule has 0 spiro atoms. The van der Waals surface area contributed by atoms with Crippen LogP contribution in [0.15, 0.2) is 25.9 Å². The van der Waals surface area contributed by atoms with Crippen molar-refractivity contribution < 1.29 is 23.3 Å². The summed E-state index contributed by atoms with van der Waals surface area (Å²) in [5.41, 5.74) is -1.64. The fraction of sp³-hybridized carbons (Fsp3) is 0.714. The van der Waals surface area contributed by atoms with E-state index >= 15 is 0 Å². The van der Waals surface area contributed by atoms with Gasteiger partial charge in [0, 0.05) is 58.4 Å². The van der Waals surface area contributed by atoms with E-state index in [0.717, 1.165) is 15.2 Å². The van der Waals surface area contributed by atoms with Crippen LogP contribution in [0.25, 0.3) is 0 Å². The van der Waals surface area contributed by atoms with E-state index < -0.39 is 38.6 Å². The van der Waals surface area contributed by atoms with Gasteiger partial charge >= 0.3 is 12.2 Å². The van der Waals surface area contributed by atoms with Gasteiger partial charge < -0.3 is 9.47 Å². The van der Waals surface area contributed by atoms with Crippen molar-refractivity contribution >= 4 is 123 Å². The molecule has 0 unspecified atom stereocenters. The molecule has 254 valence electrons. The Morgan fingerprint density at radius 3 is 1.84 bits per heavy atom. The monoisotopic (exact) mass is 1060 g/mol. The molecule has 0 bridgehead atoms. The van der Waals surface area contributed by atoms with Crippen molar-refractivity contribution in [3.8, 4) is 0 Å². The topological polar surface area (TPSA) is 113 Å². The molecular formula is C28H47BrI3N5O5S2. The van der Waals surface area contributed by atoms with Gasteiger partial charge in [0.05, 0.1) is 47.5 Å². The first-order valence-corrected chi connectivity index (χ1v) is 22.9. The van der Waals surface area contributed by atoms with Gasteiger partial charge in [-0.25, -0.2) is 18.5 Å². The number of rotatable bonds is 5. The summed E-state index contributed by atoms with van der Waals surface area (Å²) in [6.45, 7) is 23.1. The number of amides is 2. The summed E-state index contributed by atoms with van der Waals surface area (Å²) in [6, 6.07) is 2.02. The fourth-order valence-corrected chi connectivity index (χ4v) is 6.22. The lowest BCUT2D eigenvalue weighted by molar-refractivity contribution is 0.0370. The standard InChI is InChI=1S/C19H30BrN3O3S2.C9H16N2O2.I2.HI/c1-17(2,3)26-16(24)23-9-8-21-15(23)11-19(7,14-10-13(20)12-27-14)22-28(25)18(4,5)6;1-7-10-5-6-11(7)8(12)13-9(2,3)4;1-2;/h10,12,22H,8-9,11H2,1-7H3;5-6H2,1-4H3;;1H/t19-,28+;;;/m0.../s1. The predicted molar refractivity (Wildman–Crippen MR) is 215 cm³/mol. The number of thiophene rings is 1. The van der Waals surface area contributed by atoms with E-state index in [4.69, 9.17) is 9.47 Å². The van der Waals surface area contributed by atoms with Crippen LogP contribution in [-0.4, -0.2) is 80.0 Å². The summed E-state index contributed by atoms with van der Waals surface area (Å²) < 4.78 is 27.5. The minimum Gasteiger partial charge on any atom is -0.443 e. The third kappa shape index (κ3) is 15.1. The van der Waals surface area contributed by atoms with E-state index in [-0.39, 0.29) is 30.1 Å². The molecule has 0 saturated heterocycles. The molecule has 0 aromatic carbocycles. The van der Waals surface area contributed by atoms with E-state index in [2.05, 4.69) is 67.9 Å². The Hall–Kier alpha value is 0.360. The molecule has 0 fully saturated rings. The molecule has 1 aromatic heterocycles. The molecule has 0 radical (unpaired) electrons. The number of aliphatic imine (C=N–C) groups is 2. The summed E-state index contributed by atoms with van der Waals surface area (Å²) >= 11 is 9.32. The molecule has 3 heterocycles. The number of nitrogens with zero attached hydrogens (tertiary/aromatic N) is 4. The first-order valence-electron chi connectivity index (χ1n) is 13.8. The van der Waals surface area contributed by atoms with Gasteiger partial charge in [0.2, 0.25) is 0 Å². The van der Waals surface area contributed by atoms with Crippen LogP contribution in [0.1, 0.15) is 87.5 Å². The molecular weight excluding hydrogens is 1010 g/mol. The molecule has 44 heavy (non-hydrogen) atoms. The zero-order valence-corrected chi connectivity index (χ0v) is 37.2. The third-order valence-electron chi connectivity index (χ3n) is 5.71. The van der Waals surface area contributed by atoms with Gasteiger partial charge in [0.25, 0.3) is 0 Å². The minimum atomic E-state index is -1.28. The second-order valence-corrected chi connectivity index (χ2v) is 16.9. The maximum absolute atomic E-state index is 12.9. The van der Waals surface area contributed by atoms with Gasteiger partial charge in [-0.05, 0) is 98.2 Å². The molecule has 2 aliphatic heterocycles. The van der Waals surface area contributed by atoms with Crippen LogP contribution in [0.2, 0.25) is 0 Å². The van der Waals surface area contributed by atoms with E-state index in [0.29, 0.717) is 38.4 Å². The zero-order chi connectivity index (χ0) is 33.4. The van der Waals surface area contributed by atoms with Crippen LogP contribution >= 0.6 is 88.5 Å². The number of carbonyl (C=O) groups excluding carboxylic acids is 2. The van der Waals surface area contributed by atoms with Crippen LogP contribution in [0.4, 0.5) is 9.59 Å². The zero-order valence-electron chi connectivity index (χ0n) is 27.4. The van der Waals surface area contributed by atoms with E-state index in [9.17, 15) is 13.8 Å². The lowest BCUT2D eigenvalue weighted by atomic mass is 9.96. The normalized spacial score (nSPS) is 17.0. The van der Waals surface area contributed by atoms with Gasteiger partial charge in [0.15, 0.2) is 0 Å². The molecule has 2 aliphatic rings. The second-order valence-electron chi connectivity index (χ2n) is 13.1. The Kier molecular flexibility index (Phi) is 18.9. The maximum Gasteiger partial charge on any atom is 0.415 e. The average molecular weight is 1060 g/mol. The summed E-state index contributed by atoms with van der Waals surface area (Å²) in [5.74, 6) is 1.40. The van der Waals surface area contributed by atoms with Crippen LogP contribution in [-0.2, 0) is 26.0 Å². The third-order valence-corrected chi connectivity index (χ3v) is 9.41. The Labute approximate surface area is 318 Å². The first kappa shape index (κ1) is 44.4. The van der Waals surface area contributed by atoms with Crippen molar-refractivity contribution in [1.29, 1.82) is 0 Å². The Bertz CT molecular complexity index is 1200. The van der Waals surface area contributed by atoms with Crippen LogP contribution < -0.4 is 4.72 Å². The lowest BCUT2D eigenvalue weighted by Gasteiger charge is -2.34. The number of hydrogen-bond donors (Lipinski definition) is 1. The van der Waals surface area contributed by atoms with E-state index in [1.165, 1.54) is 0 Å². The predicted octanol–water partition coefficient (Wildman–Crippen LogP) is 8.86. The molecule has 0 saturated carbocycles. The van der Waals surface area contributed by atoms with Gasteiger partial charge in [-0.3, -0.25) is 19.8 Å². The lowest BCUT2D eigenvalue weighted by Crippen LogP contribution is -2.49. The molecule has 0 aliphatic carbocycles. The number of halogens is 4. The van der Waals surface area contributed by atoms with Crippen molar-refractivity contribution in [3.05, 3.63) is 20.8 Å². The smallest absolute Gasteiger partial charge is 0.415 e. The second kappa shape index (κ2) is 18.8. The highest BCUT2D eigenvalue weighted by Gasteiger charge is 2.39. The van der Waals surface area contributed by atoms with Crippen molar-refractivity contribution in [2.45, 2.75) is 104 Å². The van der Waals surface area contributed by atoms with Gasteiger partial charge in [-0.15, -0.1) is 35.3 Å². The Morgan fingerprint density at radius 1 is 0.955 bits per heavy atom. The van der Waals surface area contributed by atoms with Crippen LogP contribution in [0, 0.1) is 0 Å². The highest BCUT2D eigenvalue weighted by molar-refractivity contribution is 15.0. The number of nitrogens with one attached hydrogen (secondary N) is 1. The molecule has 1 N–H and O–H groups in total. The number of ether oxygens (including phenoxy) is 2. The largest absolute Gasteiger partial charge is 0.443 e. The maximum atomic E-state index is 12.9. The molecule has 2 atom stereocenters. The summed E-state index contributed by atoms with van der Waals surface area (Å²) in [5, 5.41) is 2.00. The number of hydrogen-bond acceptors (Lipinski definition) is 8. The van der Waals surface area contributed by atoms with Gasteiger partial charge in [-0.2, -0.15) is 0 Å². The van der Waals surface area contributed by atoms with Crippen molar-refractivity contribution in [2.75, 3.05) is 26.2 Å². The Morgan fingerprint density at radius 2 is 1.43 bits per heavy atom. The molecule has 3 rings (SSSR count). The van der Waals surface area contributed by atoms with Crippen molar-refractivity contribution in [2.24, 2.45) is 9.98 Å². The molecule has 1 aromatic rings. The summed E-state index contributed by atoms with van der Waals surface area (Å²) in [7, 11) is -1.28. The number of carbonyl (C=O) groups is 2. The van der Waals surface area contributed by atoms with Crippen LogP contribution in [0.5, 0.6) is 0 Å². The molecule has 10 nitrogen and oxygen atoms in total. The average Bonchev–Trinajstić information content (AvgIpc) is 3.59. The molecule has 2 amide bonds. The quantitative estimate of drug-likeness (QED) is 0.297. The highest BCUT2D eigenvalue weighted by atomic mass is 128. The van der Waals surface area contributed by atoms with Crippen molar-refractivity contribution in [3.63, 3.8) is 0 Å². The van der Waals surface area contributed by atoms with Gasteiger partial charge in [-0.1, -0.05) is 0 Å². The minimum absolute atomic E-state index is 0. The fourth-order valence-electron chi connectivity index (χ4n) is 3.71. The van der Waals surface area contributed by atoms with Gasteiger partial charge in [0.1, 0.15) is 22.9 Å². The van der Waals surface area contributed by atoms with Crippen molar-refractivity contribution in [1.82, 2.24) is 14.5 Å². The summed E-state index contributed by atoms with van der Waals surface area (Å²) in [4.78, 5) is 36.9. The van der Waals surface area contributed by atoms with E-state index in [1.807, 2.05) is 87.6 Å². The van der Waals surface area contributed by atoms with E-state index in [1.54, 1.807) is 21.1 Å². The van der Waals surface area contributed by atoms with Crippen LogP contribution in [0.3, 0.4) is 0 Å². The Balaban J connectivity index is 0.000000970. The first-order chi connectivity index (χ1) is 19.6. The number of amidine groups is 2.